The van der Waals surface area contributed by atoms with Crippen LogP contribution in [0.2, 0.25) is 0 Å². The normalized spacial score (nSPS) is 10.6. The van der Waals surface area contributed by atoms with Crippen LogP contribution in [0.3, 0.4) is 0 Å². The fourth-order valence-corrected chi connectivity index (χ4v) is 3.64. The van der Waals surface area contributed by atoms with Gasteiger partial charge in [-0.25, -0.2) is 9.59 Å². The minimum absolute atomic E-state index is 0.0681. The summed E-state index contributed by atoms with van der Waals surface area (Å²) in [6.07, 6.45) is 1.88. The van der Waals surface area contributed by atoms with Crippen LogP contribution in [0.1, 0.15) is 26.3 Å². The van der Waals surface area contributed by atoms with Crippen molar-refractivity contribution < 1.29 is 19.1 Å². The van der Waals surface area contributed by atoms with Gasteiger partial charge in [-0.2, -0.15) is 0 Å². The van der Waals surface area contributed by atoms with Gasteiger partial charge in [-0.1, -0.05) is 30.3 Å². The Balaban J connectivity index is 1.88. The molecule has 0 aliphatic carbocycles. The number of nitrogens with zero attached hydrogens (tertiary/aromatic N) is 2. The van der Waals surface area contributed by atoms with Crippen molar-refractivity contribution in [2.24, 2.45) is 7.05 Å². The third-order valence-corrected chi connectivity index (χ3v) is 5.73. The molecule has 0 saturated heterocycles. The first-order valence-corrected chi connectivity index (χ1v) is 11.1. The van der Waals surface area contributed by atoms with Crippen LogP contribution >= 0.6 is 11.8 Å². The summed E-state index contributed by atoms with van der Waals surface area (Å²) in [5.74, 6) is -1.59. The van der Waals surface area contributed by atoms with E-state index >= 15 is 0 Å². The van der Waals surface area contributed by atoms with Gasteiger partial charge in [0.2, 0.25) is 5.78 Å². The topological polar surface area (TPSA) is 123 Å². The van der Waals surface area contributed by atoms with Gasteiger partial charge in [-0.3, -0.25) is 18.7 Å². The van der Waals surface area contributed by atoms with Crippen LogP contribution < -0.4 is 21.7 Å². The van der Waals surface area contributed by atoms with Gasteiger partial charge >= 0.3 is 11.7 Å². The van der Waals surface area contributed by atoms with Gasteiger partial charge in [0.25, 0.3) is 5.56 Å². The lowest BCUT2D eigenvalue weighted by molar-refractivity contribution is 0.0471. The maximum atomic E-state index is 12.8. The van der Waals surface area contributed by atoms with Crippen LogP contribution in [0.15, 0.2) is 63.0 Å². The lowest BCUT2D eigenvalue weighted by Crippen LogP contribution is -2.43. The van der Waals surface area contributed by atoms with Crippen molar-refractivity contribution >= 4 is 29.3 Å². The molecule has 3 aromatic rings. The molecule has 172 valence electrons. The molecule has 0 radical (unpaired) electrons. The molecule has 0 fully saturated rings. The van der Waals surface area contributed by atoms with E-state index in [1.807, 2.05) is 12.3 Å². The number of esters is 1. The van der Waals surface area contributed by atoms with E-state index in [0.717, 1.165) is 19.6 Å². The number of ether oxygens (including phenoxy) is 2. The largest absolute Gasteiger partial charge is 0.496 e. The van der Waals surface area contributed by atoms with E-state index in [0.29, 0.717) is 5.75 Å². The summed E-state index contributed by atoms with van der Waals surface area (Å²) in [5.41, 5.74) is 5.03. The first kappa shape index (κ1) is 23.9. The van der Waals surface area contributed by atoms with E-state index in [9.17, 15) is 19.2 Å². The summed E-state index contributed by atoms with van der Waals surface area (Å²) in [4.78, 5) is 51.5. The van der Waals surface area contributed by atoms with Crippen molar-refractivity contribution in [3.63, 3.8) is 0 Å². The second-order valence-electron chi connectivity index (χ2n) is 7.04. The van der Waals surface area contributed by atoms with E-state index in [-0.39, 0.29) is 17.9 Å². The Morgan fingerprint density at radius 3 is 2.42 bits per heavy atom. The molecular formula is C23H23N3O6S. The summed E-state index contributed by atoms with van der Waals surface area (Å²) >= 11 is 1.48. The molecular weight excluding hydrogens is 446 g/mol. The molecule has 3 rings (SSSR count). The summed E-state index contributed by atoms with van der Waals surface area (Å²) in [5, 5.41) is 0. The number of ketones is 1. The van der Waals surface area contributed by atoms with Crippen molar-refractivity contribution in [1.82, 2.24) is 9.13 Å². The van der Waals surface area contributed by atoms with Crippen LogP contribution in [0, 0.1) is 0 Å². The molecule has 10 heteroatoms. The molecule has 0 spiro atoms. The highest BCUT2D eigenvalue weighted by atomic mass is 32.2. The van der Waals surface area contributed by atoms with Crippen molar-refractivity contribution in [2.45, 2.75) is 11.4 Å². The molecule has 0 bridgehead atoms. The minimum atomic E-state index is -0.857. The number of hydrogen-bond acceptors (Lipinski definition) is 8. The van der Waals surface area contributed by atoms with Crippen LogP contribution in [-0.2, 0) is 18.3 Å². The predicted octanol–water partition coefficient (Wildman–Crippen LogP) is 1.95. The number of hydrogen-bond donors (Lipinski definition) is 1. The molecule has 1 heterocycles. The predicted molar refractivity (Wildman–Crippen MR) is 125 cm³/mol. The number of thioether (sulfide) groups is 1. The second-order valence-corrected chi connectivity index (χ2v) is 7.92. The highest BCUT2D eigenvalue weighted by molar-refractivity contribution is 7.98. The number of rotatable bonds is 8. The summed E-state index contributed by atoms with van der Waals surface area (Å²) < 4.78 is 12.3. The van der Waals surface area contributed by atoms with Crippen molar-refractivity contribution in [1.29, 1.82) is 0 Å². The molecule has 0 unspecified atom stereocenters. The number of benzene rings is 2. The molecule has 0 atom stereocenters. The summed E-state index contributed by atoms with van der Waals surface area (Å²) in [7, 11) is 2.67. The molecule has 1 aromatic heterocycles. The van der Waals surface area contributed by atoms with E-state index < -0.39 is 35.2 Å². The van der Waals surface area contributed by atoms with Crippen LogP contribution in [0.5, 0.6) is 5.75 Å². The third-order valence-electron chi connectivity index (χ3n) is 5.01. The quantitative estimate of drug-likeness (QED) is 0.302. The zero-order chi connectivity index (χ0) is 24.1. The number of aromatic nitrogens is 2. The first-order chi connectivity index (χ1) is 15.8. The van der Waals surface area contributed by atoms with Gasteiger partial charge in [0.05, 0.1) is 13.7 Å². The zero-order valence-electron chi connectivity index (χ0n) is 18.4. The Morgan fingerprint density at radius 1 is 1.09 bits per heavy atom. The number of anilines is 1. The number of carbonyl (C=O) groups excluding carboxylic acids is 2. The maximum absolute atomic E-state index is 12.8. The Labute approximate surface area is 193 Å². The SMILES string of the molecule is COc1cc(SC)ccc1C(=O)OCC(=O)c1c(N)n(Cc2ccccc2)c(=O)n(C)c1=O. The molecule has 0 aliphatic heterocycles. The number of Topliss-reactive ketones (excluding diaryl/α,β-unsaturated/α-hetero) is 1. The Morgan fingerprint density at radius 2 is 1.79 bits per heavy atom. The fraction of sp³-hybridized carbons (Fsp3) is 0.217. The number of nitrogen functional groups attached to an aromatic ring is 1. The molecule has 33 heavy (non-hydrogen) atoms. The molecule has 0 amide bonds. The monoisotopic (exact) mass is 469 g/mol. The van der Waals surface area contributed by atoms with Gasteiger partial charge in [0.15, 0.2) is 6.61 Å². The Bertz CT molecular complexity index is 1310. The maximum Gasteiger partial charge on any atom is 0.342 e. The van der Waals surface area contributed by atoms with Crippen molar-refractivity contribution in [3.05, 3.63) is 86.1 Å². The minimum Gasteiger partial charge on any atom is -0.496 e. The average molecular weight is 470 g/mol. The highest BCUT2D eigenvalue weighted by Gasteiger charge is 2.24. The number of methoxy groups -OCH3 is 1. The molecule has 9 nitrogen and oxygen atoms in total. The Kier molecular flexibility index (Phi) is 7.39. The average Bonchev–Trinajstić information content (AvgIpc) is 2.84. The van der Waals surface area contributed by atoms with Crippen molar-refractivity contribution in [3.8, 4) is 5.75 Å². The molecule has 0 saturated carbocycles. The van der Waals surface area contributed by atoms with Crippen LogP contribution in [0.25, 0.3) is 0 Å². The first-order valence-electron chi connectivity index (χ1n) is 9.84. The summed E-state index contributed by atoms with van der Waals surface area (Å²) in [6.45, 7) is -0.659. The Hall–Kier alpha value is -3.79. The number of nitrogens with two attached hydrogens (primary N) is 1. The lowest BCUT2D eigenvalue weighted by Gasteiger charge is -2.15. The van der Waals surface area contributed by atoms with Gasteiger partial charge < -0.3 is 15.2 Å². The van der Waals surface area contributed by atoms with E-state index in [2.05, 4.69) is 0 Å². The summed E-state index contributed by atoms with van der Waals surface area (Å²) in [6, 6.07) is 13.9. The van der Waals surface area contributed by atoms with Crippen LogP contribution in [0.4, 0.5) is 5.82 Å². The number of carbonyl (C=O) groups is 2. The smallest absolute Gasteiger partial charge is 0.342 e. The molecule has 0 aliphatic rings. The fourth-order valence-electron chi connectivity index (χ4n) is 3.21. The zero-order valence-corrected chi connectivity index (χ0v) is 19.2. The van der Waals surface area contributed by atoms with E-state index in [1.54, 1.807) is 36.4 Å². The van der Waals surface area contributed by atoms with Crippen molar-refractivity contribution in [2.75, 3.05) is 25.7 Å². The standard InChI is InChI=1S/C23H23N3O6S/c1-25-21(28)19(20(24)26(23(25)30)12-14-7-5-4-6-8-14)17(27)13-32-22(29)16-10-9-15(33-3)11-18(16)31-2/h4-11H,12-13,24H2,1-3H3. The van der Waals surface area contributed by atoms with E-state index in [4.69, 9.17) is 15.2 Å². The lowest BCUT2D eigenvalue weighted by atomic mass is 10.1. The third kappa shape index (κ3) is 5.01. The van der Waals surface area contributed by atoms with Gasteiger partial charge in [-0.15, -0.1) is 11.8 Å². The van der Waals surface area contributed by atoms with Crippen LogP contribution in [-0.4, -0.2) is 40.9 Å². The van der Waals surface area contributed by atoms with E-state index in [1.165, 1.54) is 32.0 Å². The molecule has 2 N–H and O–H groups in total. The molecule has 2 aromatic carbocycles. The van der Waals surface area contributed by atoms with Gasteiger partial charge in [0.1, 0.15) is 22.7 Å². The van der Waals surface area contributed by atoms with Gasteiger partial charge in [-0.05, 0) is 30.0 Å². The highest BCUT2D eigenvalue weighted by Crippen LogP contribution is 2.26. The van der Waals surface area contributed by atoms with Gasteiger partial charge in [0, 0.05) is 11.9 Å². The second kappa shape index (κ2) is 10.2.